The Kier molecular flexibility index (Phi) is 7.49. The van der Waals surface area contributed by atoms with Crippen LogP contribution in [0, 0.1) is 5.92 Å². The number of nitrogens with one attached hydrogen (secondary N) is 1. The molecule has 0 aromatic heterocycles. The largest absolute Gasteiger partial charge is 0.490 e. The maximum Gasteiger partial charge on any atom is 0.145 e. The minimum atomic E-state index is -0.499. The van der Waals surface area contributed by atoms with Gasteiger partial charge in [0.2, 0.25) is 0 Å². The summed E-state index contributed by atoms with van der Waals surface area (Å²) in [6.07, 6.45) is 2.10. The van der Waals surface area contributed by atoms with Gasteiger partial charge >= 0.3 is 0 Å². The Balaban J connectivity index is 3.12. The highest BCUT2D eigenvalue weighted by Gasteiger charge is 2.40. The van der Waals surface area contributed by atoms with Crippen LogP contribution in [0.4, 0.5) is 0 Å². The van der Waals surface area contributed by atoms with Gasteiger partial charge in [-0.3, -0.25) is 0 Å². The van der Waals surface area contributed by atoms with Crippen molar-refractivity contribution in [3.8, 4) is 0 Å². The maximum atomic E-state index is 10.5. The van der Waals surface area contributed by atoms with Gasteiger partial charge < -0.3 is 19.5 Å². The SMILES string of the molecule is COCC(C)C(OC)[C@@H]1OC(C)=CC(N=[N+]=[N-])C1NC=C=O. The zero-order valence-electron chi connectivity index (χ0n) is 13.2. The lowest BCUT2D eigenvalue weighted by atomic mass is 9.89. The maximum absolute atomic E-state index is 10.5. The van der Waals surface area contributed by atoms with Crippen LogP contribution in [0.3, 0.4) is 0 Å². The molecule has 8 nitrogen and oxygen atoms in total. The summed E-state index contributed by atoms with van der Waals surface area (Å²) in [7, 11) is 3.20. The van der Waals surface area contributed by atoms with E-state index in [1.165, 1.54) is 0 Å². The van der Waals surface area contributed by atoms with Crippen molar-refractivity contribution in [3.05, 3.63) is 28.5 Å². The van der Waals surface area contributed by atoms with Crippen LogP contribution >= 0.6 is 0 Å². The average Bonchev–Trinajstić information content (AvgIpc) is 2.47. The number of azide groups is 1. The molecule has 0 spiro atoms. The number of hydrogen-bond donors (Lipinski definition) is 1. The molecule has 1 rings (SSSR count). The summed E-state index contributed by atoms with van der Waals surface area (Å²) >= 11 is 0. The minimum Gasteiger partial charge on any atom is -0.490 e. The first-order valence-electron chi connectivity index (χ1n) is 6.95. The molecule has 1 aliphatic heterocycles. The summed E-state index contributed by atoms with van der Waals surface area (Å²) in [5.41, 5.74) is 8.75. The second-order valence-corrected chi connectivity index (χ2v) is 5.14. The standard InChI is InChI=1S/C14H22N4O4/c1-9(8-20-3)13(21-4)14-12(16-5-6-19)11(17-18-15)7-10(2)22-14/h5,7,9,11-14,16H,8H2,1-4H3/t9?,11?,12?,13?,14-/m1/s1. The minimum absolute atomic E-state index is 0.0436. The fourth-order valence-electron chi connectivity index (χ4n) is 2.67. The number of ether oxygens (including phenoxy) is 3. The van der Waals surface area contributed by atoms with Crippen molar-refractivity contribution >= 4 is 5.94 Å². The summed E-state index contributed by atoms with van der Waals surface area (Å²) in [6, 6.07) is -0.939. The number of nitrogens with zero attached hydrogens (tertiary/aromatic N) is 3. The fourth-order valence-corrected chi connectivity index (χ4v) is 2.67. The predicted octanol–water partition coefficient (Wildman–Crippen LogP) is 1.57. The monoisotopic (exact) mass is 310 g/mol. The Hall–Kier alpha value is -1.98. The van der Waals surface area contributed by atoms with Crippen molar-refractivity contribution in [1.29, 1.82) is 0 Å². The Labute approximate surface area is 129 Å². The normalized spacial score (nSPS) is 26.5. The van der Waals surface area contributed by atoms with Gasteiger partial charge in [0.15, 0.2) is 0 Å². The van der Waals surface area contributed by atoms with Crippen LogP contribution in [0.2, 0.25) is 0 Å². The van der Waals surface area contributed by atoms with Gasteiger partial charge in [0, 0.05) is 25.0 Å². The van der Waals surface area contributed by atoms with E-state index in [4.69, 9.17) is 19.7 Å². The predicted molar refractivity (Wildman–Crippen MR) is 80.6 cm³/mol. The van der Waals surface area contributed by atoms with Crippen LogP contribution in [0.15, 0.2) is 23.1 Å². The van der Waals surface area contributed by atoms with Gasteiger partial charge in [-0.1, -0.05) is 12.0 Å². The van der Waals surface area contributed by atoms with E-state index in [2.05, 4.69) is 15.3 Å². The summed E-state index contributed by atoms with van der Waals surface area (Å²) in [5, 5.41) is 6.65. The average molecular weight is 310 g/mol. The molecule has 0 aromatic carbocycles. The van der Waals surface area contributed by atoms with Gasteiger partial charge in [-0.05, 0) is 18.5 Å². The molecule has 0 aromatic rings. The van der Waals surface area contributed by atoms with E-state index in [1.54, 1.807) is 33.2 Å². The van der Waals surface area contributed by atoms with Crippen LogP contribution in [0.25, 0.3) is 10.4 Å². The molecule has 4 unspecified atom stereocenters. The Morgan fingerprint density at radius 1 is 1.64 bits per heavy atom. The third kappa shape index (κ3) is 4.51. The van der Waals surface area contributed by atoms with E-state index in [0.29, 0.717) is 12.4 Å². The second-order valence-electron chi connectivity index (χ2n) is 5.14. The Bertz CT molecular complexity index is 483. The quantitative estimate of drug-likeness (QED) is 0.317. The van der Waals surface area contributed by atoms with Crippen molar-refractivity contribution in [3.63, 3.8) is 0 Å². The van der Waals surface area contributed by atoms with Crippen LogP contribution in [-0.2, 0) is 19.0 Å². The van der Waals surface area contributed by atoms with Gasteiger partial charge in [0.25, 0.3) is 0 Å². The van der Waals surface area contributed by atoms with E-state index < -0.39 is 18.2 Å². The molecule has 0 radical (unpaired) electrons. The van der Waals surface area contributed by atoms with E-state index in [9.17, 15) is 4.79 Å². The van der Waals surface area contributed by atoms with Crippen molar-refractivity contribution in [1.82, 2.24) is 5.32 Å². The molecule has 5 atom stereocenters. The first kappa shape index (κ1) is 18.1. The number of carbonyl (C=O) groups excluding carboxylic acids is 1. The lowest BCUT2D eigenvalue weighted by Crippen LogP contribution is -2.56. The highest BCUT2D eigenvalue weighted by atomic mass is 16.5. The molecular weight excluding hydrogens is 288 g/mol. The van der Waals surface area contributed by atoms with E-state index in [1.807, 2.05) is 6.92 Å². The highest BCUT2D eigenvalue weighted by molar-refractivity contribution is 5.44. The molecule has 8 heteroatoms. The van der Waals surface area contributed by atoms with E-state index in [0.717, 1.165) is 6.20 Å². The first-order chi connectivity index (χ1) is 10.6. The van der Waals surface area contributed by atoms with Crippen LogP contribution < -0.4 is 5.32 Å². The van der Waals surface area contributed by atoms with Crippen molar-refractivity contribution < 1.29 is 19.0 Å². The van der Waals surface area contributed by atoms with Gasteiger partial charge in [0.1, 0.15) is 18.1 Å². The van der Waals surface area contributed by atoms with Gasteiger partial charge in [-0.15, -0.1) is 0 Å². The van der Waals surface area contributed by atoms with Crippen molar-refractivity contribution in [2.75, 3.05) is 20.8 Å². The lowest BCUT2D eigenvalue weighted by molar-refractivity contribution is -0.0881. The molecule has 0 saturated heterocycles. The highest BCUT2D eigenvalue weighted by Crippen LogP contribution is 2.27. The molecule has 0 bridgehead atoms. The molecule has 0 fully saturated rings. The molecule has 122 valence electrons. The van der Waals surface area contributed by atoms with E-state index >= 15 is 0 Å². The second kappa shape index (κ2) is 9.12. The van der Waals surface area contributed by atoms with E-state index in [-0.39, 0.29) is 12.0 Å². The topological polar surface area (TPSA) is 106 Å². The first-order valence-corrected chi connectivity index (χ1v) is 6.95. The van der Waals surface area contributed by atoms with Crippen molar-refractivity contribution in [2.24, 2.45) is 11.0 Å². The summed E-state index contributed by atoms with van der Waals surface area (Å²) in [6.45, 7) is 4.25. The molecular formula is C14H22N4O4. The summed E-state index contributed by atoms with van der Waals surface area (Å²) < 4.78 is 16.6. The lowest BCUT2D eigenvalue weighted by Gasteiger charge is -2.40. The third-order valence-electron chi connectivity index (χ3n) is 3.56. The Morgan fingerprint density at radius 3 is 2.91 bits per heavy atom. The number of allylic oxidation sites excluding steroid dienone is 1. The molecule has 22 heavy (non-hydrogen) atoms. The van der Waals surface area contributed by atoms with Crippen molar-refractivity contribution in [2.45, 2.75) is 38.1 Å². The van der Waals surface area contributed by atoms with Gasteiger partial charge in [-0.25, -0.2) is 4.79 Å². The molecule has 1 heterocycles. The molecule has 0 saturated carbocycles. The molecule has 0 aliphatic carbocycles. The Morgan fingerprint density at radius 2 is 2.36 bits per heavy atom. The van der Waals surface area contributed by atoms with Gasteiger partial charge in [0.05, 0.1) is 30.6 Å². The molecule has 1 N–H and O–H groups in total. The van der Waals surface area contributed by atoms with Crippen LogP contribution in [-0.4, -0.2) is 51.1 Å². The summed E-state index contributed by atoms with van der Waals surface area (Å²) in [4.78, 5) is 13.4. The molecule has 0 amide bonds. The number of hydrogen-bond acceptors (Lipinski definition) is 6. The number of rotatable bonds is 8. The van der Waals surface area contributed by atoms with Crippen LogP contribution in [0.5, 0.6) is 0 Å². The molecule has 1 aliphatic rings. The zero-order valence-corrected chi connectivity index (χ0v) is 13.2. The summed E-state index contributed by atoms with van der Waals surface area (Å²) in [5.74, 6) is 2.34. The third-order valence-corrected chi connectivity index (χ3v) is 3.56. The van der Waals surface area contributed by atoms with Gasteiger partial charge in [-0.2, -0.15) is 0 Å². The number of methoxy groups -OCH3 is 2. The zero-order chi connectivity index (χ0) is 16.5. The fraction of sp³-hybridized carbons (Fsp3) is 0.714. The van der Waals surface area contributed by atoms with Crippen LogP contribution in [0.1, 0.15) is 13.8 Å². The smallest absolute Gasteiger partial charge is 0.145 e.